The Morgan fingerprint density at radius 1 is 1.58 bits per heavy atom. The Kier molecular flexibility index (Phi) is 4.65. The fourth-order valence-electron chi connectivity index (χ4n) is 0.666. The summed E-state index contributed by atoms with van der Waals surface area (Å²) in [6.07, 6.45) is 2.48. The number of rotatable bonds is 3. The number of amides is 1. The van der Waals surface area contributed by atoms with Crippen LogP contribution in [-0.2, 0) is 14.3 Å². The summed E-state index contributed by atoms with van der Waals surface area (Å²) in [5, 5.41) is 0. The van der Waals surface area contributed by atoms with Gasteiger partial charge in [0.2, 0.25) is 6.08 Å². The quantitative estimate of drug-likeness (QED) is 0.274. The van der Waals surface area contributed by atoms with E-state index in [4.69, 9.17) is 0 Å². The maximum atomic E-state index is 11.0. The predicted octanol–water partition coefficient (Wildman–Crippen LogP) is 1.04. The number of carbonyl (C=O) groups excluding carboxylic acids is 2. The lowest BCUT2D eigenvalue weighted by molar-refractivity contribution is -0.114. The van der Waals surface area contributed by atoms with E-state index in [0.717, 1.165) is 0 Å². The maximum absolute atomic E-state index is 11.0. The minimum Gasteiger partial charge on any atom is -0.504 e. The smallest absolute Gasteiger partial charge is 0.287 e. The molecule has 0 aliphatic carbocycles. The topological polar surface area (TPSA) is 55.7 Å². The highest BCUT2D eigenvalue weighted by molar-refractivity contribution is 5.96. The lowest BCUT2D eigenvalue weighted by Crippen LogP contribution is -2.05. The Hall–Kier alpha value is -1.41. The van der Waals surface area contributed by atoms with Gasteiger partial charge >= 0.3 is 0 Å². The Bertz CT molecular complexity index is 237. The van der Waals surface area contributed by atoms with Crippen molar-refractivity contribution in [3.05, 3.63) is 11.8 Å². The number of aliphatic imine (C=N–C) groups is 1. The van der Waals surface area contributed by atoms with Gasteiger partial charge in [-0.05, 0) is 5.92 Å². The lowest BCUT2D eigenvalue weighted by atomic mass is 10.0. The average Bonchev–Trinajstić information content (AvgIpc) is 1.99. The first-order chi connectivity index (χ1) is 5.63. The summed E-state index contributed by atoms with van der Waals surface area (Å²) in [5.41, 5.74) is 0.362. The molecule has 0 bridgehead atoms. The van der Waals surface area contributed by atoms with Gasteiger partial charge in [0.25, 0.3) is 5.91 Å². The van der Waals surface area contributed by atoms with Crippen LogP contribution in [0.2, 0.25) is 0 Å². The fourth-order valence-corrected chi connectivity index (χ4v) is 0.666. The molecule has 4 heteroatoms. The first-order valence-corrected chi connectivity index (χ1v) is 3.48. The molecule has 0 radical (unpaired) electrons. The largest absolute Gasteiger partial charge is 0.504 e. The molecule has 0 aliphatic heterocycles. The first kappa shape index (κ1) is 10.6. The molecule has 1 amide bonds. The number of isocyanates is 1. The maximum Gasteiger partial charge on any atom is 0.287 e. The number of hydrogen-bond donors (Lipinski definition) is 0. The Morgan fingerprint density at radius 3 is 2.50 bits per heavy atom. The van der Waals surface area contributed by atoms with Gasteiger partial charge in [0, 0.05) is 0 Å². The van der Waals surface area contributed by atoms with E-state index in [2.05, 4.69) is 9.73 Å². The Labute approximate surface area is 70.9 Å². The van der Waals surface area contributed by atoms with Crippen LogP contribution in [0.3, 0.4) is 0 Å². The molecule has 0 N–H and O–H groups in total. The van der Waals surface area contributed by atoms with Crippen molar-refractivity contribution >= 4 is 12.0 Å². The lowest BCUT2D eigenvalue weighted by Gasteiger charge is -2.04. The molecule has 0 unspecified atom stereocenters. The van der Waals surface area contributed by atoms with Crippen LogP contribution in [0.5, 0.6) is 0 Å². The molecule has 4 nitrogen and oxygen atoms in total. The van der Waals surface area contributed by atoms with E-state index in [9.17, 15) is 9.59 Å². The number of ether oxygens (including phenoxy) is 1. The highest BCUT2D eigenvalue weighted by atomic mass is 16.5. The zero-order chi connectivity index (χ0) is 9.56. The average molecular weight is 169 g/mol. The summed E-state index contributed by atoms with van der Waals surface area (Å²) in [5.74, 6) is -0.614. The summed E-state index contributed by atoms with van der Waals surface area (Å²) >= 11 is 0. The standard InChI is InChI=1S/C8H11NO3/c1-6(2)7(4-12-3)8(11)9-5-10/h4,6H,1-3H3/b7-4+. The van der Waals surface area contributed by atoms with Crippen LogP contribution >= 0.6 is 0 Å². The van der Waals surface area contributed by atoms with Gasteiger partial charge in [0.1, 0.15) is 0 Å². The van der Waals surface area contributed by atoms with E-state index in [0.29, 0.717) is 5.57 Å². The van der Waals surface area contributed by atoms with Gasteiger partial charge in [-0.15, -0.1) is 4.99 Å². The van der Waals surface area contributed by atoms with Crippen molar-refractivity contribution in [2.75, 3.05) is 7.11 Å². The zero-order valence-corrected chi connectivity index (χ0v) is 7.33. The Balaban J connectivity index is 4.63. The summed E-state index contributed by atoms with van der Waals surface area (Å²) in [7, 11) is 1.43. The van der Waals surface area contributed by atoms with Crippen LogP contribution < -0.4 is 0 Å². The molecule has 0 aromatic heterocycles. The number of hydrogen-bond acceptors (Lipinski definition) is 3. The van der Waals surface area contributed by atoms with Crippen molar-refractivity contribution in [1.82, 2.24) is 0 Å². The van der Waals surface area contributed by atoms with Gasteiger partial charge in [0.05, 0.1) is 18.9 Å². The molecule has 0 saturated heterocycles. The highest BCUT2D eigenvalue weighted by Crippen LogP contribution is 2.10. The van der Waals surface area contributed by atoms with Crippen molar-refractivity contribution in [3.8, 4) is 0 Å². The normalized spacial score (nSPS) is 10.8. The van der Waals surface area contributed by atoms with E-state index >= 15 is 0 Å². The van der Waals surface area contributed by atoms with Crippen LogP contribution in [0.1, 0.15) is 13.8 Å². The number of methoxy groups -OCH3 is 1. The van der Waals surface area contributed by atoms with Crippen LogP contribution in [0.15, 0.2) is 16.8 Å². The van der Waals surface area contributed by atoms with Gasteiger partial charge in [-0.25, -0.2) is 4.79 Å². The minimum absolute atomic E-state index is 0.0189. The molecular weight excluding hydrogens is 158 g/mol. The Morgan fingerprint density at radius 2 is 2.17 bits per heavy atom. The van der Waals surface area contributed by atoms with Crippen LogP contribution in [0.25, 0.3) is 0 Å². The second-order valence-electron chi connectivity index (χ2n) is 2.47. The van der Waals surface area contributed by atoms with E-state index in [1.807, 2.05) is 13.8 Å². The monoisotopic (exact) mass is 169 g/mol. The van der Waals surface area contributed by atoms with Crippen LogP contribution in [-0.4, -0.2) is 19.1 Å². The molecule has 0 aromatic rings. The molecule has 0 spiro atoms. The molecule has 0 atom stereocenters. The molecule has 66 valence electrons. The van der Waals surface area contributed by atoms with Gasteiger partial charge in [0.15, 0.2) is 0 Å². The van der Waals surface area contributed by atoms with Crippen LogP contribution in [0.4, 0.5) is 0 Å². The fraction of sp³-hybridized carbons (Fsp3) is 0.500. The second-order valence-corrected chi connectivity index (χ2v) is 2.47. The van der Waals surface area contributed by atoms with Gasteiger partial charge in [-0.1, -0.05) is 13.8 Å². The second kappa shape index (κ2) is 5.27. The molecule has 0 heterocycles. The van der Waals surface area contributed by atoms with Crippen molar-refractivity contribution in [2.24, 2.45) is 10.9 Å². The molecule has 0 saturated carbocycles. The van der Waals surface area contributed by atoms with Gasteiger partial charge in [-0.3, -0.25) is 4.79 Å². The number of nitrogens with zero attached hydrogens (tertiary/aromatic N) is 1. The van der Waals surface area contributed by atoms with E-state index in [-0.39, 0.29) is 5.92 Å². The summed E-state index contributed by atoms with van der Waals surface area (Å²) in [6, 6.07) is 0. The van der Waals surface area contributed by atoms with Gasteiger partial charge in [-0.2, -0.15) is 0 Å². The highest BCUT2D eigenvalue weighted by Gasteiger charge is 2.12. The molecule has 0 rings (SSSR count). The molecule has 0 fully saturated rings. The third-order valence-electron chi connectivity index (χ3n) is 1.26. The van der Waals surface area contributed by atoms with E-state index < -0.39 is 5.91 Å². The van der Waals surface area contributed by atoms with Crippen molar-refractivity contribution in [1.29, 1.82) is 0 Å². The van der Waals surface area contributed by atoms with Crippen LogP contribution in [0, 0.1) is 5.92 Å². The van der Waals surface area contributed by atoms with E-state index in [1.165, 1.54) is 19.5 Å². The van der Waals surface area contributed by atoms with E-state index in [1.54, 1.807) is 0 Å². The molecule has 0 aliphatic rings. The van der Waals surface area contributed by atoms with Gasteiger partial charge < -0.3 is 4.74 Å². The third-order valence-corrected chi connectivity index (χ3v) is 1.26. The summed E-state index contributed by atoms with van der Waals surface area (Å²) < 4.78 is 4.66. The van der Waals surface area contributed by atoms with Crippen molar-refractivity contribution in [2.45, 2.75) is 13.8 Å². The SMILES string of the molecule is CO/C=C(/C(=O)N=C=O)C(C)C. The van der Waals surface area contributed by atoms with Crippen molar-refractivity contribution < 1.29 is 14.3 Å². The zero-order valence-electron chi connectivity index (χ0n) is 7.33. The van der Waals surface area contributed by atoms with Crippen molar-refractivity contribution in [3.63, 3.8) is 0 Å². The molecular formula is C8H11NO3. The summed E-state index contributed by atoms with van der Waals surface area (Å²) in [4.78, 5) is 23.7. The first-order valence-electron chi connectivity index (χ1n) is 3.48. The molecule has 12 heavy (non-hydrogen) atoms. The minimum atomic E-state index is -0.596. The summed E-state index contributed by atoms with van der Waals surface area (Å²) in [6.45, 7) is 3.62. The number of carbonyl (C=O) groups is 1. The third kappa shape index (κ3) is 3.12. The predicted molar refractivity (Wildman–Crippen MR) is 43.1 cm³/mol. The molecule has 0 aromatic carbocycles.